The van der Waals surface area contributed by atoms with Crippen molar-refractivity contribution >= 4 is 28.2 Å². The highest BCUT2D eigenvalue weighted by Gasteiger charge is 2.49. The Morgan fingerprint density at radius 3 is 2.57 bits per heavy atom. The molecular weight excluding hydrogens is 472 g/mol. The van der Waals surface area contributed by atoms with E-state index in [2.05, 4.69) is 23.1 Å². The predicted octanol–water partition coefficient (Wildman–Crippen LogP) is 2.29. The SMILES string of the molecule is N#Cc1c(O[C@@H]2CO[C@H]3[C@@H]2OC[C@H]3O)n(N)c2cc(Cl)c(-c3ccc(N4CCOCC4)cc3)cc12. The van der Waals surface area contributed by atoms with E-state index < -0.39 is 24.4 Å². The third-order valence-electron chi connectivity index (χ3n) is 6.96. The number of hydrogen-bond donors (Lipinski definition) is 2. The van der Waals surface area contributed by atoms with Crippen molar-refractivity contribution in [2.45, 2.75) is 24.4 Å². The molecule has 0 aliphatic carbocycles. The Morgan fingerprint density at radius 1 is 1.09 bits per heavy atom. The van der Waals surface area contributed by atoms with Crippen molar-refractivity contribution in [3.05, 3.63) is 47.0 Å². The molecule has 4 atom stereocenters. The first-order valence-corrected chi connectivity index (χ1v) is 12.0. The Hall–Kier alpha value is -3.00. The summed E-state index contributed by atoms with van der Waals surface area (Å²) in [6.07, 6.45) is -2.04. The molecule has 0 bridgehead atoms. The summed E-state index contributed by atoms with van der Waals surface area (Å²) in [5, 5.41) is 21.2. The van der Waals surface area contributed by atoms with Crippen LogP contribution in [0.4, 0.5) is 5.69 Å². The number of ether oxygens (including phenoxy) is 4. The fourth-order valence-electron chi connectivity index (χ4n) is 5.11. The second-order valence-corrected chi connectivity index (χ2v) is 9.38. The van der Waals surface area contributed by atoms with Gasteiger partial charge in [-0.3, -0.25) is 0 Å². The average Bonchev–Trinajstić information content (AvgIpc) is 3.54. The van der Waals surface area contributed by atoms with Crippen molar-refractivity contribution in [1.82, 2.24) is 4.68 Å². The normalized spacial score (nSPS) is 26.1. The number of nitrogens with two attached hydrogens (primary N) is 1. The van der Waals surface area contributed by atoms with Crippen LogP contribution in [0.2, 0.25) is 5.02 Å². The van der Waals surface area contributed by atoms with E-state index in [-0.39, 0.29) is 19.1 Å². The van der Waals surface area contributed by atoms with E-state index >= 15 is 0 Å². The lowest BCUT2D eigenvalue weighted by Gasteiger charge is -2.29. The van der Waals surface area contributed by atoms with Gasteiger partial charge < -0.3 is 34.8 Å². The minimum absolute atomic E-state index is 0.190. The Morgan fingerprint density at radius 2 is 1.83 bits per heavy atom. The molecule has 1 aromatic heterocycles. The van der Waals surface area contributed by atoms with Crippen molar-refractivity contribution in [2.75, 3.05) is 50.3 Å². The maximum atomic E-state index is 10.0. The smallest absolute Gasteiger partial charge is 0.232 e. The Bertz CT molecular complexity index is 1300. The average molecular weight is 497 g/mol. The summed E-state index contributed by atoms with van der Waals surface area (Å²) in [6, 6.07) is 14.1. The highest BCUT2D eigenvalue weighted by atomic mass is 35.5. The van der Waals surface area contributed by atoms with E-state index in [1.165, 1.54) is 4.68 Å². The quantitative estimate of drug-likeness (QED) is 0.529. The Labute approximate surface area is 207 Å². The maximum absolute atomic E-state index is 10.0. The van der Waals surface area contributed by atoms with Gasteiger partial charge in [-0.2, -0.15) is 5.26 Å². The number of aliphatic hydroxyl groups excluding tert-OH is 1. The molecule has 182 valence electrons. The first-order chi connectivity index (χ1) is 17.0. The number of benzene rings is 2. The van der Waals surface area contributed by atoms with Gasteiger partial charge >= 0.3 is 0 Å². The molecule has 0 amide bonds. The standard InChI is InChI=1S/C25H25ClN4O5/c26-19-10-20-17(9-16(19)14-1-3-15(4-2-14)29-5-7-32-8-6-29)18(11-27)25(30(20)28)35-22-13-34-23-21(31)12-33-24(22)23/h1-4,9-10,21-24,31H,5-8,12-13,28H2/t21-,22-,23-,24-/m1/s1. The molecule has 3 N–H and O–H groups in total. The molecule has 3 aliphatic rings. The third-order valence-corrected chi connectivity index (χ3v) is 7.27. The monoisotopic (exact) mass is 496 g/mol. The number of nitrogens with zero attached hydrogens (tertiary/aromatic N) is 3. The van der Waals surface area contributed by atoms with E-state index in [9.17, 15) is 10.4 Å². The Kier molecular flexibility index (Phi) is 5.71. The first-order valence-electron chi connectivity index (χ1n) is 11.6. The van der Waals surface area contributed by atoms with E-state index in [0.29, 0.717) is 21.5 Å². The van der Waals surface area contributed by atoms with E-state index in [0.717, 1.165) is 43.1 Å². The van der Waals surface area contributed by atoms with E-state index in [4.69, 9.17) is 36.4 Å². The van der Waals surface area contributed by atoms with E-state index in [1.807, 2.05) is 18.2 Å². The van der Waals surface area contributed by atoms with Crippen LogP contribution >= 0.6 is 11.6 Å². The van der Waals surface area contributed by atoms with Crippen LogP contribution in [-0.4, -0.2) is 73.7 Å². The third kappa shape index (κ3) is 3.78. The summed E-state index contributed by atoms with van der Waals surface area (Å²) in [6.45, 7) is 3.60. The molecule has 10 heteroatoms. The lowest BCUT2D eigenvalue weighted by atomic mass is 10.0. The molecule has 0 unspecified atom stereocenters. The minimum Gasteiger partial charge on any atom is -0.468 e. The number of rotatable bonds is 4. The summed E-state index contributed by atoms with van der Waals surface area (Å²) in [5.74, 6) is 6.57. The number of anilines is 1. The summed E-state index contributed by atoms with van der Waals surface area (Å²) in [4.78, 5) is 2.29. The topological polar surface area (TPSA) is 115 Å². The van der Waals surface area contributed by atoms with E-state index in [1.54, 1.807) is 6.07 Å². The van der Waals surface area contributed by atoms with Crippen LogP contribution in [0.1, 0.15) is 5.56 Å². The summed E-state index contributed by atoms with van der Waals surface area (Å²) < 4.78 is 24.2. The summed E-state index contributed by atoms with van der Waals surface area (Å²) in [5.41, 5.74) is 3.76. The van der Waals surface area contributed by atoms with Crippen LogP contribution < -0.4 is 15.5 Å². The van der Waals surface area contributed by atoms with Crippen LogP contribution in [0.3, 0.4) is 0 Å². The van der Waals surface area contributed by atoms with Crippen molar-refractivity contribution in [3.63, 3.8) is 0 Å². The van der Waals surface area contributed by atoms with Gasteiger partial charge in [-0.1, -0.05) is 23.7 Å². The number of aromatic nitrogens is 1. The summed E-state index contributed by atoms with van der Waals surface area (Å²) in [7, 11) is 0. The zero-order chi connectivity index (χ0) is 24.1. The number of hydrogen-bond acceptors (Lipinski definition) is 8. The van der Waals surface area contributed by atoms with Gasteiger partial charge in [-0.05, 0) is 29.8 Å². The Balaban J connectivity index is 1.34. The van der Waals surface area contributed by atoms with Gasteiger partial charge in [0.1, 0.15) is 29.9 Å². The molecular formula is C25H25ClN4O5. The highest BCUT2D eigenvalue weighted by Crippen LogP contribution is 2.39. The van der Waals surface area contributed by atoms with Crippen LogP contribution in [0, 0.1) is 11.3 Å². The van der Waals surface area contributed by atoms with Crippen LogP contribution in [0.25, 0.3) is 22.0 Å². The van der Waals surface area contributed by atoms with Crippen LogP contribution in [0.15, 0.2) is 36.4 Å². The highest BCUT2D eigenvalue weighted by molar-refractivity contribution is 6.34. The van der Waals surface area contributed by atoms with Gasteiger partial charge in [0.15, 0.2) is 6.10 Å². The predicted molar refractivity (Wildman–Crippen MR) is 130 cm³/mol. The maximum Gasteiger partial charge on any atom is 0.232 e. The lowest BCUT2D eigenvalue weighted by Crippen LogP contribution is -2.36. The van der Waals surface area contributed by atoms with Crippen molar-refractivity contribution in [1.29, 1.82) is 5.26 Å². The second-order valence-electron chi connectivity index (χ2n) is 8.98. The first kappa shape index (κ1) is 22.5. The molecule has 3 fully saturated rings. The van der Waals surface area contributed by atoms with Gasteiger partial charge in [0.2, 0.25) is 5.88 Å². The molecule has 3 aromatic rings. The summed E-state index contributed by atoms with van der Waals surface area (Å²) >= 11 is 6.67. The van der Waals surface area contributed by atoms with Gasteiger partial charge in [-0.25, -0.2) is 4.68 Å². The molecule has 0 saturated carbocycles. The van der Waals surface area contributed by atoms with Gasteiger partial charge in [0.05, 0.1) is 37.0 Å². The zero-order valence-corrected chi connectivity index (χ0v) is 19.6. The molecule has 0 spiro atoms. The fraction of sp³-hybridized carbons (Fsp3) is 0.400. The van der Waals surface area contributed by atoms with Gasteiger partial charge in [0, 0.05) is 29.7 Å². The van der Waals surface area contributed by atoms with Crippen molar-refractivity contribution in [2.24, 2.45) is 0 Å². The van der Waals surface area contributed by atoms with Gasteiger partial charge in [0.25, 0.3) is 0 Å². The molecule has 35 heavy (non-hydrogen) atoms. The lowest BCUT2D eigenvalue weighted by molar-refractivity contribution is 0.00738. The number of nitriles is 1. The number of nitrogen functional groups attached to an aromatic ring is 1. The largest absolute Gasteiger partial charge is 0.468 e. The van der Waals surface area contributed by atoms with Crippen LogP contribution in [0.5, 0.6) is 5.88 Å². The second kappa shape index (κ2) is 8.90. The molecule has 4 heterocycles. The molecule has 6 rings (SSSR count). The van der Waals surface area contributed by atoms with Crippen molar-refractivity contribution in [3.8, 4) is 23.1 Å². The molecule has 2 aromatic carbocycles. The fourth-order valence-corrected chi connectivity index (χ4v) is 5.38. The number of fused-ring (bicyclic) bond motifs is 2. The molecule has 9 nitrogen and oxygen atoms in total. The molecule has 3 saturated heterocycles. The molecule has 3 aliphatic heterocycles. The van der Waals surface area contributed by atoms with Crippen LogP contribution in [-0.2, 0) is 14.2 Å². The number of halogens is 1. The van der Waals surface area contributed by atoms with Gasteiger partial charge in [-0.15, -0.1) is 0 Å². The number of morpholine rings is 1. The zero-order valence-electron chi connectivity index (χ0n) is 18.9. The molecule has 0 radical (unpaired) electrons. The minimum atomic E-state index is -0.691. The van der Waals surface area contributed by atoms with Crippen molar-refractivity contribution < 1.29 is 24.1 Å². The number of aliphatic hydroxyl groups is 1.